The highest BCUT2D eigenvalue weighted by Gasteiger charge is 2.32. The van der Waals surface area contributed by atoms with E-state index < -0.39 is 23.3 Å². The maximum Gasteiger partial charge on any atom is 0.201 e. The van der Waals surface area contributed by atoms with Crippen molar-refractivity contribution in [2.24, 2.45) is 17.8 Å². The summed E-state index contributed by atoms with van der Waals surface area (Å²) in [6.07, 6.45) is 14.9. The maximum atomic E-state index is 15.4. The zero-order valence-corrected chi connectivity index (χ0v) is 25.3. The van der Waals surface area contributed by atoms with Crippen LogP contribution >= 0.6 is 0 Å². The maximum absolute atomic E-state index is 15.4. The monoisotopic (exact) mass is 592 g/mol. The largest absolute Gasteiger partial charge is 0.490 e. The molecule has 0 radical (unpaired) electrons. The van der Waals surface area contributed by atoms with Crippen molar-refractivity contribution in [3.8, 4) is 28.0 Å². The molecule has 3 aromatic carbocycles. The Labute approximate surface area is 254 Å². The highest BCUT2D eigenvalue weighted by Crippen LogP contribution is 2.45. The summed E-state index contributed by atoms with van der Waals surface area (Å²) < 4.78 is 65.9. The number of halogens is 4. The lowest BCUT2D eigenvalue weighted by Crippen LogP contribution is -2.25. The van der Waals surface area contributed by atoms with E-state index in [1.54, 1.807) is 36.4 Å². The summed E-state index contributed by atoms with van der Waals surface area (Å²) in [4.78, 5) is 0. The molecular weight excluding hydrogens is 548 g/mol. The summed E-state index contributed by atoms with van der Waals surface area (Å²) in [5.41, 5.74) is 1.66. The molecule has 230 valence electrons. The number of hydrogen-bond acceptors (Lipinski definition) is 1. The molecule has 5 rings (SSSR count). The van der Waals surface area contributed by atoms with Gasteiger partial charge >= 0.3 is 0 Å². The third-order valence-corrected chi connectivity index (χ3v) is 9.95. The van der Waals surface area contributed by atoms with Gasteiger partial charge in [-0.05, 0) is 110 Å². The smallest absolute Gasteiger partial charge is 0.201 e. The number of benzene rings is 3. The van der Waals surface area contributed by atoms with E-state index in [2.05, 4.69) is 19.6 Å². The summed E-state index contributed by atoms with van der Waals surface area (Å²) in [5.74, 6) is -1.60. The Kier molecular flexibility index (Phi) is 10.6. The topological polar surface area (TPSA) is 9.23 Å². The van der Waals surface area contributed by atoms with Crippen LogP contribution in [-0.4, -0.2) is 6.61 Å². The molecule has 0 saturated heterocycles. The predicted molar refractivity (Wildman–Crippen MR) is 167 cm³/mol. The molecule has 1 nitrogen and oxygen atoms in total. The summed E-state index contributed by atoms with van der Waals surface area (Å²) in [6, 6.07) is 12.8. The molecular formula is C38H44F4O. The van der Waals surface area contributed by atoms with Crippen molar-refractivity contribution >= 4 is 0 Å². The minimum atomic E-state index is -1.02. The van der Waals surface area contributed by atoms with Gasteiger partial charge in [-0.15, -0.1) is 6.58 Å². The highest BCUT2D eigenvalue weighted by molar-refractivity contribution is 5.72. The molecule has 3 aromatic rings. The zero-order valence-electron chi connectivity index (χ0n) is 25.3. The Hall–Kier alpha value is -3.08. The molecule has 5 heteroatoms. The van der Waals surface area contributed by atoms with Crippen LogP contribution in [0.3, 0.4) is 0 Å². The molecule has 2 fully saturated rings. The van der Waals surface area contributed by atoms with Gasteiger partial charge in [0.2, 0.25) is 5.82 Å². The molecule has 0 unspecified atom stereocenters. The molecule has 0 bridgehead atoms. The van der Waals surface area contributed by atoms with Crippen LogP contribution in [0.4, 0.5) is 17.6 Å². The van der Waals surface area contributed by atoms with Crippen LogP contribution in [0, 0.1) is 41.0 Å². The van der Waals surface area contributed by atoms with Gasteiger partial charge in [0, 0.05) is 11.1 Å². The highest BCUT2D eigenvalue weighted by atomic mass is 19.2. The number of hydrogen-bond donors (Lipinski definition) is 0. The second-order valence-electron chi connectivity index (χ2n) is 12.6. The van der Waals surface area contributed by atoms with Gasteiger partial charge < -0.3 is 4.74 Å². The molecule has 0 N–H and O–H groups in total. The quantitative estimate of drug-likeness (QED) is 0.122. The third-order valence-electron chi connectivity index (χ3n) is 9.95. The summed E-state index contributed by atoms with van der Waals surface area (Å²) in [6.45, 7) is 6.39. The number of ether oxygens (including phenoxy) is 1. The van der Waals surface area contributed by atoms with Gasteiger partial charge in [0.15, 0.2) is 23.2 Å². The van der Waals surface area contributed by atoms with E-state index >= 15 is 8.78 Å². The Balaban J connectivity index is 1.23. The van der Waals surface area contributed by atoms with Gasteiger partial charge in [-0.1, -0.05) is 68.7 Å². The molecule has 2 saturated carbocycles. The lowest BCUT2D eigenvalue weighted by molar-refractivity contribution is 0.171. The van der Waals surface area contributed by atoms with Crippen LogP contribution in [-0.2, 0) is 0 Å². The lowest BCUT2D eigenvalue weighted by atomic mass is 9.68. The normalized spacial score (nSPS) is 22.3. The first kappa shape index (κ1) is 31.3. The van der Waals surface area contributed by atoms with E-state index in [9.17, 15) is 8.78 Å². The number of unbranched alkanes of at least 4 members (excludes halogenated alkanes) is 3. The van der Waals surface area contributed by atoms with Crippen molar-refractivity contribution in [1.82, 2.24) is 0 Å². The first-order valence-corrected chi connectivity index (χ1v) is 16.2. The zero-order chi connectivity index (χ0) is 30.3. The standard InChI is InChI=1S/C38H44F4O/c1-3-5-6-7-24-43-34-23-22-33(37(41)38(34)42)30-18-16-29(17-19-30)32-21-20-31(35(39)36(32)40)28-14-12-27(13-15-28)26-10-8-25(4-2)9-11-26/h4,16-23,25-28H,2-3,5-15,24H2,1H3. The Bertz CT molecular complexity index is 1370. The Morgan fingerprint density at radius 2 is 1.21 bits per heavy atom. The van der Waals surface area contributed by atoms with Crippen LogP contribution in [0.1, 0.15) is 95.5 Å². The second-order valence-corrected chi connectivity index (χ2v) is 12.6. The van der Waals surface area contributed by atoms with E-state index in [0.717, 1.165) is 57.3 Å². The fourth-order valence-electron chi connectivity index (χ4n) is 7.26. The first-order chi connectivity index (χ1) is 20.9. The fraction of sp³-hybridized carbons (Fsp3) is 0.474. The third kappa shape index (κ3) is 7.19. The van der Waals surface area contributed by atoms with Gasteiger partial charge in [-0.25, -0.2) is 13.2 Å². The van der Waals surface area contributed by atoms with E-state index in [4.69, 9.17) is 4.74 Å². The lowest BCUT2D eigenvalue weighted by Gasteiger charge is -2.37. The Morgan fingerprint density at radius 3 is 1.79 bits per heavy atom. The molecule has 0 aromatic heterocycles. The summed E-state index contributed by atoms with van der Waals surface area (Å²) in [5, 5.41) is 0. The molecule has 0 aliphatic heterocycles. The van der Waals surface area contributed by atoms with Gasteiger partial charge in [0.1, 0.15) is 0 Å². The van der Waals surface area contributed by atoms with Gasteiger partial charge in [0.25, 0.3) is 0 Å². The van der Waals surface area contributed by atoms with Crippen molar-refractivity contribution in [3.05, 3.63) is 90.0 Å². The summed E-state index contributed by atoms with van der Waals surface area (Å²) >= 11 is 0. The van der Waals surface area contributed by atoms with Crippen LogP contribution in [0.15, 0.2) is 61.2 Å². The van der Waals surface area contributed by atoms with E-state index in [0.29, 0.717) is 35.1 Å². The van der Waals surface area contributed by atoms with E-state index in [1.165, 1.54) is 37.8 Å². The molecule has 0 atom stereocenters. The van der Waals surface area contributed by atoms with Crippen molar-refractivity contribution in [2.45, 2.75) is 89.9 Å². The molecule has 2 aliphatic carbocycles. The van der Waals surface area contributed by atoms with E-state index in [1.807, 2.05) is 0 Å². The summed E-state index contributed by atoms with van der Waals surface area (Å²) in [7, 11) is 0. The van der Waals surface area contributed by atoms with Crippen LogP contribution < -0.4 is 4.74 Å². The number of allylic oxidation sites excluding steroid dienone is 1. The number of rotatable bonds is 11. The predicted octanol–water partition coefficient (Wildman–Crippen LogP) is 11.8. The molecule has 0 spiro atoms. The van der Waals surface area contributed by atoms with Crippen molar-refractivity contribution < 1.29 is 22.3 Å². The second kappa shape index (κ2) is 14.6. The van der Waals surface area contributed by atoms with Gasteiger partial charge in [-0.3, -0.25) is 0 Å². The fourth-order valence-corrected chi connectivity index (χ4v) is 7.26. The molecule has 0 heterocycles. The van der Waals surface area contributed by atoms with E-state index in [-0.39, 0.29) is 22.8 Å². The van der Waals surface area contributed by atoms with Gasteiger partial charge in [-0.2, -0.15) is 4.39 Å². The molecule has 0 amide bonds. The van der Waals surface area contributed by atoms with Crippen molar-refractivity contribution in [3.63, 3.8) is 0 Å². The minimum Gasteiger partial charge on any atom is -0.490 e. The van der Waals surface area contributed by atoms with Gasteiger partial charge in [0.05, 0.1) is 6.61 Å². The SMILES string of the molecule is C=CC1CCC(C2CCC(c3ccc(-c4ccc(-c5ccc(OCCCCCC)c(F)c5F)cc4)c(F)c3F)CC2)CC1. The van der Waals surface area contributed by atoms with Crippen molar-refractivity contribution in [2.75, 3.05) is 6.61 Å². The first-order valence-electron chi connectivity index (χ1n) is 16.2. The molecule has 2 aliphatic rings. The average Bonchev–Trinajstić information content (AvgIpc) is 3.04. The van der Waals surface area contributed by atoms with Crippen LogP contribution in [0.25, 0.3) is 22.3 Å². The minimum absolute atomic E-state index is 0.0350. The average molecular weight is 593 g/mol. The molecule has 43 heavy (non-hydrogen) atoms. The van der Waals surface area contributed by atoms with Crippen LogP contribution in [0.5, 0.6) is 5.75 Å². The van der Waals surface area contributed by atoms with Crippen molar-refractivity contribution in [1.29, 1.82) is 0 Å². The van der Waals surface area contributed by atoms with Crippen LogP contribution in [0.2, 0.25) is 0 Å². The Morgan fingerprint density at radius 1 is 0.651 bits per heavy atom.